The van der Waals surface area contributed by atoms with Crippen LogP contribution in [0.4, 0.5) is 0 Å². The highest BCUT2D eigenvalue weighted by molar-refractivity contribution is 7.17. The number of aromatic nitrogens is 1. The van der Waals surface area contributed by atoms with E-state index >= 15 is 0 Å². The van der Waals surface area contributed by atoms with Crippen molar-refractivity contribution in [2.45, 2.75) is 45.6 Å². The van der Waals surface area contributed by atoms with Gasteiger partial charge >= 0.3 is 5.97 Å². The minimum absolute atomic E-state index is 0.481. The number of rotatable bonds is 6. The summed E-state index contributed by atoms with van der Waals surface area (Å²) in [4.78, 5) is 21.1. The average molecular weight is 523 g/mol. The highest BCUT2D eigenvalue weighted by Crippen LogP contribution is 2.44. The average Bonchev–Trinajstić information content (AvgIpc) is 3.40. The third kappa shape index (κ3) is 5.05. The number of carbonyl (C=O) groups is 1. The fraction of sp³-hybridized carbons (Fsp3) is 0.333. The number of benzene rings is 2. The van der Waals surface area contributed by atoms with Crippen LogP contribution in [0.25, 0.3) is 26.9 Å². The van der Waals surface area contributed by atoms with Crippen molar-refractivity contribution in [3.05, 3.63) is 94.5 Å². The number of nitrogens with zero attached hydrogens (tertiary/aromatic N) is 2. The minimum Gasteiger partial charge on any atom is -0.477 e. The molecule has 0 unspecified atom stereocenters. The lowest BCUT2D eigenvalue weighted by Gasteiger charge is -2.37. The summed E-state index contributed by atoms with van der Waals surface area (Å²) in [7, 11) is 0. The summed E-state index contributed by atoms with van der Waals surface area (Å²) in [6, 6.07) is 22.9. The molecule has 1 aliphatic carbocycles. The molecule has 0 radical (unpaired) electrons. The lowest BCUT2D eigenvalue weighted by molar-refractivity contribution is 0.0702. The van der Waals surface area contributed by atoms with Gasteiger partial charge in [0, 0.05) is 41.7 Å². The first-order chi connectivity index (χ1) is 18.6. The van der Waals surface area contributed by atoms with Gasteiger partial charge in [-0.3, -0.25) is 9.88 Å². The molecule has 1 saturated carbocycles. The van der Waals surface area contributed by atoms with Crippen LogP contribution in [0.3, 0.4) is 0 Å². The Morgan fingerprint density at radius 2 is 1.79 bits per heavy atom. The molecule has 194 valence electrons. The molecule has 2 aromatic heterocycles. The highest BCUT2D eigenvalue weighted by atomic mass is 32.1. The van der Waals surface area contributed by atoms with E-state index in [1.54, 1.807) is 0 Å². The SMILES string of the molecule is CC1CCC(C2=C(c3cc(-c4ccccc4)sc3C(=O)O)CCN(Cc3ccnc4ccccc34)C2)CC1. The van der Waals surface area contributed by atoms with Gasteiger partial charge in [0.05, 0.1) is 5.52 Å². The maximum atomic E-state index is 12.4. The highest BCUT2D eigenvalue weighted by Gasteiger charge is 2.31. The van der Waals surface area contributed by atoms with Gasteiger partial charge in [-0.25, -0.2) is 4.79 Å². The van der Waals surface area contributed by atoms with Gasteiger partial charge in [-0.1, -0.05) is 68.3 Å². The summed E-state index contributed by atoms with van der Waals surface area (Å²) in [6.07, 6.45) is 7.70. The fourth-order valence-corrected chi connectivity index (χ4v) is 7.36. The number of fused-ring (bicyclic) bond motifs is 1. The second-order valence-corrected chi connectivity index (χ2v) is 12.0. The second kappa shape index (κ2) is 10.8. The van der Waals surface area contributed by atoms with Crippen molar-refractivity contribution in [2.24, 2.45) is 11.8 Å². The number of hydrogen-bond acceptors (Lipinski definition) is 4. The van der Waals surface area contributed by atoms with Crippen molar-refractivity contribution in [1.29, 1.82) is 0 Å². The molecule has 1 fully saturated rings. The first-order valence-corrected chi connectivity index (χ1v) is 14.6. The molecule has 38 heavy (non-hydrogen) atoms. The Labute approximate surface area is 228 Å². The Bertz CT molecular complexity index is 1480. The van der Waals surface area contributed by atoms with Crippen molar-refractivity contribution in [2.75, 3.05) is 13.1 Å². The van der Waals surface area contributed by atoms with Gasteiger partial charge in [-0.15, -0.1) is 11.3 Å². The van der Waals surface area contributed by atoms with Crippen molar-refractivity contribution in [1.82, 2.24) is 9.88 Å². The van der Waals surface area contributed by atoms with Gasteiger partial charge in [0.15, 0.2) is 0 Å². The Morgan fingerprint density at radius 3 is 2.58 bits per heavy atom. The van der Waals surface area contributed by atoms with Gasteiger partial charge < -0.3 is 5.11 Å². The summed E-state index contributed by atoms with van der Waals surface area (Å²) >= 11 is 1.41. The van der Waals surface area contributed by atoms with Gasteiger partial charge in [-0.05, 0) is 71.6 Å². The van der Waals surface area contributed by atoms with Gasteiger partial charge in [-0.2, -0.15) is 0 Å². The lowest BCUT2D eigenvalue weighted by Crippen LogP contribution is -2.34. The van der Waals surface area contributed by atoms with Gasteiger partial charge in [0.1, 0.15) is 4.88 Å². The Kier molecular flexibility index (Phi) is 7.14. The van der Waals surface area contributed by atoms with Crippen LogP contribution in [0.2, 0.25) is 0 Å². The topological polar surface area (TPSA) is 53.4 Å². The molecular formula is C33H34N2O2S. The molecule has 0 amide bonds. The van der Waals surface area contributed by atoms with Crippen LogP contribution in [-0.4, -0.2) is 34.0 Å². The fourth-order valence-electron chi connectivity index (χ4n) is 6.33. The molecule has 0 atom stereocenters. The van der Waals surface area contributed by atoms with Crippen LogP contribution >= 0.6 is 11.3 Å². The van der Waals surface area contributed by atoms with E-state index in [0.29, 0.717) is 10.8 Å². The van der Waals surface area contributed by atoms with Crippen LogP contribution in [-0.2, 0) is 6.54 Å². The first kappa shape index (κ1) is 25.0. The minimum atomic E-state index is -0.818. The molecule has 6 rings (SSSR count). The van der Waals surface area contributed by atoms with E-state index in [9.17, 15) is 9.90 Å². The first-order valence-electron chi connectivity index (χ1n) is 13.8. The van der Waals surface area contributed by atoms with E-state index in [-0.39, 0.29) is 0 Å². The van der Waals surface area contributed by atoms with Crippen molar-refractivity contribution in [3.8, 4) is 10.4 Å². The third-order valence-corrected chi connectivity index (χ3v) is 9.58. The van der Waals surface area contributed by atoms with Crippen LogP contribution in [0.15, 0.2) is 78.5 Å². The van der Waals surface area contributed by atoms with Gasteiger partial charge in [0.2, 0.25) is 0 Å². The summed E-state index contributed by atoms with van der Waals surface area (Å²) in [5, 5.41) is 11.4. The summed E-state index contributed by atoms with van der Waals surface area (Å²) in [5.41, 5.74) is 7.14. The Morgan fingerprint density at radius 1 is 1.03 bits per heavy atom. The molecule has 3 heterocycles. The predicted octanol–water partition coefficient (Wildman–Crippen LogP) is 8.15. The van der Waals surface area contributed by atoms with Gasteiger partial charge in [0.25, 0.3) is 0 Å². The third-order valence-electron chi connectivity index (χ3n) is 8.41. The molecular weight excluding hydrogens is 488 g/mol. The number of pyridine rings is 1. The number of carboxylic acid groups (broad SMARTS) is 1. The zero-order valence-corrected chi connectivity index (χ0v) is 22.7. The van der Waals surface area contributed by atoms with E-state index in [2.05, 4.69) is 59.3 Å². The van der Waals surface area contributed by atoms with Crippen LogP contribution in [0, 0.1) is 11.8 Å². The Hall–Kier alpha value is -3.28. The molecule has 0 bridgehead atoms. The van der Waals surface area contributed by atoms with Crippen molar-refractivity contribution >= 4 is 33.8 Å². The van der Waals surface area contributed by atoms with Crippen molar-refractivity contribution in [3.63, 3.8) is 0 Å². The molecule has 1 aliphatic heterocycles. The molecule has 1 N–H and O–H groups in total. The lowest BCUT2D eigenvalue weighted by atomic mass is 9.75. The zero-order valence-electron chi connectivity index (χ0n) is 21.9. The Balaban J connectivity index is 1.38. The van der Waals surface area contributed by atoms with Crippen molar-refractivity contribution < 1.29 is 9.90 Å². The number of thiophene rings is 1. The quantitative estimate of drug-likeness (QED) is 0.278. The maximum Gasteiger partial charge on any atom is 0.346 e. The molecule has 0 spiro atoms. The molecule has 4 nitrogen and oxygen atoms in total. The molecule has 5 heteroatoms. The zero-order chi connectivity index (χ0) is 26.1. The number of aromatic carboxylic acids is 1. The normalized spacial score (nSPS) is 20.7. The standard InChI is InChI=1S/C33H34N2O2S/c1-22-11-13-23(14-12-22)29-21-35(20-25-15-17-34-30-10-6-5-9-26(25)30)18-16-27(29)28-19-31(38-32(28)33(36)37)24-7-3-2-4-8-24/h2-10,15,17,19,22-23H,11-14,16,18,20-21H2,1H3,(H,36,37). The van der Waals surface area contributed by atoms with E-state index in [4.69, 9.17) is 0 Å². The van der Waals surface area contributed by atoms with E-state index in [0.717, 1.165) is 53.5 Å². The van der Waals surface area contributed by atoms with Crippen LogP contribution < -0.4 is 0 Å². The van der Waals surface area contributed by atoms with E-state index in [1.807, 2.05) is 30.5 Å². The monoisotopic (exact) mass is 522 g/mol. The smallest absolute Gasteiger partial charge is 0.346 e. The van der Waals surface area contributed by atoms with E-state index < -0.39 is 5.97 Å². The molecule has 2 aliphatic rings. The second-order valence-electron chi connectivity index (χ2n) is 10.9. The van der Waals surface area contributed by atoms with E-state index in [1.165, 1.54) is 59.1 Å². The summed E-state index contributed by atoms with van der Waals surface area (Å²) < 4.78 is 0. The largest absolute Gasteiger partial charge is 0.477 e. The molecule has 2 aromatic carbocycles. The van der Waals surface area contributed by atoms with Crippen LogP contribution in [0.5, 0.6) is 0 Å². The number of carboxylic acids is 1. The summed E-state index contributed by atoms with van der Waals surface area (Å²) in [5.74, 6) is 0.487. The number of para-hydroxylation sites is 1. The predicted molar refractivity (Wildman–Crippen MR) is 156 cm³/mol. The van der Waals surface area contributed by atoms with Crippen LogP contribution in [0.1, 0.15) is 59.8 Å². The molecule has 4 aromatic rings. The number of hydrogen-bond donors (Lipinski definition) is 1. The maximum absolute atomic E-state index is 12.4. The summed E-state index contributed by atoms with van der Waals surface area (Å²) in [6.45, 7) is 5.07. The molecule has 0 saturated heterocycles.